The van der Waals surface area contributed by atoms with Gasteiger partial charge in [-0.2, -0.15) is 0 Å². The van der Waals surface area contributed by atoms with Crippen molar-refractivity contribution in [1.29, 1.82) is 0 Å². The van der Waals surface area contributed by atoms with Gasteiger partial charge in [-0.1, -0.05) is 33.6 Å². The molecule has 0 nitrogen and oxygen atoms in total. The van der Waals surface area contributed by atoms with Crippen molar-refractivity contribution in [2.24, 2.45) is 0 Å². The van der Waals surface area contributed by atoms with E-state index < -0.39 is 0 Å². The molecule has 0 N–H and O–H groups in total. The lowest BCUT2D eigenvalue weighted by Crippen LogP contribution is -1.70. The Labute approximate surface area is 78.9 Å². The highest BCUT2D eigenvalue weighted by molar-refractivity contribution is 7.37. The molecule has 0 bridgehead atoms. The molecule has 0 rings (SSSR count). The van der Waals surface area contributed by atoms with E-state index in [1.54, 1.807) is 0 Å². The second-order valence-corrected chi connectivity index (χ2v) is 4.65. The molecule has 0 saturated heterocycles. The van der Waals surface area contributed by atoms with Crippen LogP contribution in [0, 0.1) is 0 Å². The maximum atomic E-state index is 5.38. The molecule has 0 aliphatic rings. The van der Waals surface area contributed by atoms with Gasteiger partial charge in [-0.05, 0) is 18.7 Å². The maximum Gasteiger partial charge on any atom is 0.0223 e. The Balaban J connectivity index is 0. The average molecular weight is 197 g/mol. The Hall–Kier alpha value is 0.720. The van der Waals surface area contributed by atoms with Crippen LogP contribution < -0.4 is 0 Å². The molecule has 11 heavy (non-hydrogen) atoms. The number of unbranched alkanes of at least 4 members (excludes halogenated alkanes) is 2. The van der Waals surface area contributed by atoms with Crippen LogP contribution in [0.2, 0.25) is 0 Å². The Morgan fingerprint density at radius 2 is 1.55 bits per heavy atom. The third-order valence-corrected chi connectivity index (χ3v) is 2.50. The zero-order chi connectivity index (χ0) is 8.95. The van der Waals surface area contributed by atoms with Crippen molar-refractivity contribution in [2.45, 2.75) is 40.0 Å². The number of halogens is 1. The molecule has 70 valence electrons. The maximum absolute atomic E-state index is 5.38. The van der Waals surface area contributed by atoms with Crippen molar-refractivity contribution >= 4 is 20.2 Å². The molecular formula is C9H22ClP. The summed E-state index contributed by atoms with van der Waals surface area (Å²) in [6, 6.07) is 0. The number of alkyl halides is 1. The monoisotopic (exact) mass is 196 g/mol. The highest BCUT2D eigenvalue weighted by Crippen LogP contribution is 2.03. The topological polar surface area (TPSA) is 0 Å². The molecule has 0 radical (unpaired) electrons. The standard InChI is InChI=1S/C5H11Cl.C4H11P/c1-2-3-4-5-6;1-3-5-4-2/h2-5H2,1H3;5H,3-4H2,1-2H3. The van der Waals surface area contributed by atoms with Gasteiger partial charge in [0.05, 0.1) is 0 Å². The number of hydrogen-bond acceptors (Lipinski definition) is 0. The Bertz CT molecular complexity index is 42.8. The average Bonchev–Trinajstić information content (AvgIpc) is 2.04. The van der Waals surface area contributed by atoms with Crippen LogP contribution >= 0.6 is 20.2 Å². The van der Waals surface area contributed by atoms with Gasteiger partial charge in [0.2, 0.25) is 0 Å². The van der Waals surface area contributed by atoms with E-state index in [1.807, 2.05) is 0 Å². The zero-order valence-corrected chi connectivity index (χ0v) is 9.88. The highest BCUT2D eigenvalue weighted by atomic mass is 35.5. The van der Waals surface area contributed by atoms with Crippen LogP contribution in [0.5, 0.6) is 0 Å². The largest absolute Gasteiger partial charge is 0.127 e. The Morgan fingerprint density at radius 3 is 1.64 bits per heavy atom. The van der Waals surface area contributed by atoms with Crippen LogP contribution in [0.4, 0.5) is 0 Å². The molecule has 0 aromatic carbocycles. The SMILES string of the molecule is CCCCCCl.CCPCC. The molecule has 0 aliphatic carbocycles. The van der Waals surface area contributed by atoms with E-state index in [1.165, 1.54) is 40.2 Å². The highest BCUT2D eigenvalue weighted by Gasteiger charge is 1.76. The fraction of sp³-hybridized carbons (Fsp3) is 1.00. The second-order valence-electron chi connectivity index (χ2n) is 2.35. The van der Waals surface area contributed by atoms with Gasteiger partial charge in [-0.15, -0.1) is 20.2 Å². The van der Waals surface area contributed by atoms with Crippen LogP contribution in [0.25, 0.3) is 0 Å². The molecule has 0 amide bonds. The van der Waals surface area contributed by atoms with Gasteiger partial charge >= 0.3 is 0 Å². The lowest BCUT2D eigenvalue weighted by molar-refractivity contribution is 0.776. The van der Waals surface area contributed by atoms with E-state index >= 15 is 0 Å². The quantitative estimate of drug-likeness (QED) is 0.353. The summed E-state index contributed by atoms with van der Waals surface area (Å²) < 4.78 is 0. The minimum atomic E-state index is 0.827. The van der Waals surface area contributed by atoms with E-state index in [9.17, 15) is 0 Å². The van der Waals surface area contributed by atoms with Crippen LogP contribution in [-0.4, -0.2) is 18.2 Å². The first-order valence-electron chi connectivity index (χ1n) is 4.60. The Morgan fingerprint density at radius 1 is 1.00 bits per heavy atom. The van der Waals surface area contributed by atoms with E-state index in [0.717, 1.165) is 5.88 Å². The minimum Gasteiger partial charge on any atom is -0.127 e. The lowest BCUT2D eigenvalue weighted by atomic mass is 10.3. The summed E-state index contributed by atoms with van der Waals surface area (Å²) in [6.07, 6.45) is 6.47. The first-order chi connectivity index (χ1) is 5.33. The van der Waals surface area contributed by atoms with Crippen LogP contribution in [-0.2, 0) is 0 Å². The van der Waals surface area contributed by atoms with Crippen LogP contribution in [0.3, 0.4) is 0 Å². The second kappa shape index (κ2) is 17.0. The summed E-state index contributed by atoms with van der Waals surface area (Å²) >= 11 is 5.38. The van der Waals surface area contributed by atoms with Gasteiger partial charge in [0.1, 0.15) is 0 Å². The fourth-order valence-electron chi connectivity index (χ4n) is 0.594. The molecule has 0 atom stereocenters. The molecule has 0 spiro atoms. The van der Waals surface area contributed by atoms with Crippen molar-refractivity contribution < 1.29 is 0 Å². The molecule has 0 heterocycles. The molecule has 0 saturated carbocycles. The van der Waals surface area contributed by atoms with Crippen molar-refractivity contribution in [1.82, 2.24) is 0 Å². The van der Waals surface area contributed by atoms with Gasteiger partial charge in [0.15, 0.2) is 0 Å². The summed E-state index contributed by atoms with van der Waals surface area (Å²) in [7, 11) is 1.20. The molecule has 0 aromatic rings. The molecular weight excluding hydrogens is 175 g/mol. The fourth-order valence-corrected chi connectivity index (χ4v) is 1.28. The lowest BCUT2D eigenvalue weighted by Gasteiger charge is -1.84. The van der Waals surface area contributed by atoms with E-state index in [4.69, 9.17) is 11.6 Å². The number of hydrogen-bond donors (Lipinski definition) is 0. The third-order valence-electron chi connectivity index (χ3n) is 1.24. The van der Waals surface area contributed by atoms with Gasteiger partial charge in [0.25, 0.3) is 0 Å². The summed E-state index contributed by atoms with van der Waals surface area (Å²) in [4.78, 5) is 0. The van der Waals surface area contributed by atoms with E-state index in [-0.39, 0.29) is 0 Å². The van der Waals surface area contributed by atoms with E-state index in [2.05, 4.69) is 20.8 Å². The third kappa shape index (κ3) is 24.9. The van der Waals surface area contributed by atoms with Gasteiger partial charge < -0.3 is 0 Å². The smallest absolute Gasteiger partial charge is 0.0223 e. The van der Waals surface area contributed by atoms with E-state index in [0.29, 0.717) is 0 Å². The first-order valence-corrected chi connectivity index (χ1v) is 6.54. The summed E-state index contributed by atoms with van der Waals surface area (Å²) in [6.45, 7) is 6.62. The van der Waals surface area contributed by atoms with Crippen molar-refractivity contribution in [3.63, 3.8) is 0 Å². The zero-order valence-electron chi connectivity index (χ0n) is 8.12. The first kappa shape index (κ1) is 14.3. The van der Waals surface area contributed by atoms with Crippen molar-refractivity contribution in [2.75, 3.05) is 18.2 Å². The minimum absolute atomic E-state index is 0.827. The predicted octanol–water partition coefficient (Wildman–Crippen LogP) is 4.12. The molecule has 0 aliphatic heterocycles. The van der Waals surface area contributed by atoms with Crippen molar-refractivity contribution in [3.05, 3.63) is 0 Å². The molecule has 0 fully saturated rings. The van der Waals surface area contributed by atoms with Gasteiger partial charge in [-0.3, -0.25) is 0 Å². The molecule has 0 aromatic heterocycles. The number of rotatable bonds is 5. The normalized spacial score (nSPS) is 8.73. The van der Waals surface area contributed by atoms with Crippen molar-refractivity contribution in [3.8, 4) is 0 Å². The summed E-state index contributed by atoms with van der Waals surface area (Å²) in [5, 5.41) is 0. The predicted molar refractivity (Wildman–Crippen MR) is 59.6 cm³/mol. The molecule has 0 unspecified atom stereocenters. The van der Waals surface area contributed by atoms with Gasteiger partial charge in [-0.25, -0.2) is 0 Å². The Kier molecular flexibility index (Phi) is 22.0. The summed E-state index contributed by atoms with van der Waals surface area (Å²) in [5.41, 5.74) is 0. The molecule has 2 heteroatoms. The van der Waals surface area contributed by atoms with Gasteiger partial charge in [0, 0.05) is 5.88 Å². The summed E-state index contributed by atoms with van der Waals surface area (Å²) in [5.74, 6) is 0.827. The van der Waals surface area contributed by atoms with Crippen LogP contribution in [0.15, 0.2) is 0 Å². The van der Waals surface area contributed by atoms with Crippen LogP contribution in [0.1, 0.15) is 40.0 Å².